The van der Waals surface area contributed by atoms with Crippen molar-refractivity contribution >= 4 is 22.9 Å². The van der Waals surface area contributed by atoms with Crippen LogP contribution in [0.2, 0.25) is 0 Å². The second-order valence-electron chi connectivity index (χ2n) is 4.51. The predicted octanol–water partition coefficient (Wildman–Crippen LogP) is 2.59. The third kappa shape index (κ3) is 2.68. The number of carbonyl (C=O) groups excluding carboxylic acids is 1. The smallest absolute Gasteiger partial charge is 0.278 e. The van der Waals surface area contributed by atoms with E-state index in [9.17, 15) is 4.79 Å². The highest BCUT2D eigenvalue weighted by molar-refractivity contribution is 7.13. The molecule has 0 aliphatic heterocycles. The van der Waals surface area contributed by atoms with Crippen molar-refractivity contribution in [3.8, 4) is 5.13 Å². The molecular formula is C14H13N5OS. The molecule has 0 radical (unpaired) electrons. The lowest BCUT2D eigenvalue weighted by Crippen LogP contribution is -2.14. The van der Waals surface area contributed by atoms with Gasteiger partial charge in [0.05, 0.1) is 5.69 Å². The Hall–Kier alpha value is -2.54. The van der Waals surface area contributed by atoms with Gasteiger partial charge in [-0.1, -0.05) is 23.4 Å². The van der Waals surface area contributed by atoms with Crippen molar-refractivity contribution in [2.75, 3.05) is 5.32 Å². The van der Waals surface area contributed by atoms with E-state index in [1.807, 2.05) is 37.3 Å². The summed E-state index contributed by atoms with van der Waals surface area (Å²) in [5, 5.41) is 11.5. The molecule has 0 saturated heterocycles. The zero-order chi connectivity index (χ0) is 14.8. The van der Waals surface area contributed by atoms with Crippen molar-refractivity contribution in [1.29, 1.82) is 0 Å². The number of aromatic nitrogens is 4. The summed E-state index contributed by atoms with van der Waals surface area (Å²) in [6, 6.07) is 9.25. The van der Waals surface area contributed by atoms with Crippen LogP contribution in [0.15, 0.2) is 36.5 Å². The van der Waals surface area contributed by atoms with Gasteiger partial charge in [-0.25, -0.2) is 4.98 Å². The standard InChI is InChI=1S/C14H13N5OS/c1-9-8-15-14(21-9)19-10(2)12(17-18-19)13(20)16-11-6-4-3-5-7-11/h3-8H,1-2H3,(H,16,20). The van der Waals surface area contributed by atoms with Crippen LogP contribution in [0.25, 0.3) is 5.13 Å². The van der Waals surface area contributed by atoms with Crippen molar-refractivity contribution in [3.63, 3.8) is 0 Å². The normalized spacial score (nSPS) is 10.6. The Morgan fingerprint density at radius 3 is 2.67 bits per heavy atom. The van der Waals surface area contributed by atoms with Gasteiger partial charge in [-0.3, -0.25) is 4.79 Å². The summed E-state index contributed by atoms with van der Waals surface area (Å²) in [5.41, 5.74) is 1.69. The fraction of sp³-hybridized carbons (Fsp3) is 0.143. The summed E-state index contributed by atoms with van der Waals surface area (Å²) in [7, 11) is 0. The molecule has 2 aromatic heterocycles. The third-order valence-corrected chi connectivity index (χ3v) is 3.82. The zero-order valence-electron chi connectivity index (χ0n) is 11.6. The van der Waals surface area contributed by atoms with Crippen LogP contribution in [0.5, 0.6) is 0 Å². The quantitative estimate of drug-likeness (QED) is 0.807. The molecule has 0 aliphatic rings. The highest BCUT2D eigenvalue weighted by atomic mass is 32.1. The predicted molar refractivity (Wildman–Crippen MR) is 80.9 cm³/mol. The lowest BCUT2D eigenvalue weighted by Gasteiger charge is -2.03. The number of carbonyl (C=O) groups is 1. The van der Waals surface area contributed by atoms with Crippen LogP contribution in [0.3, 0.4) is 0 Å². The molecule has 2 heterocycles. The highest BCUT2D eigenvalue weighted by Crippen LogP contribution is 2.18. The fourth-order valence-corrected chi connectivity index (χ4v) is 2.63. The van der Waals surface area contributed by atoms with Crippen LogP contribution in [0.4, 0.5) is 5.69 Å². The molecule has 21 heavy (non-hydrogen) atoms. The van der Waals surface area contributed by atoms with Crippen molar-refractivity contribution < 1.29 is 4.79 Å². The topological polar surface area (TPSA) is 72.7 Å². The second kappa shape index (κ2) is 5.45. The van der Waals surface area contributed by atoms with Gasteiger partial charge in [0.15, 0.2) is 5.69 Å². The Morgan fingerprint density at radius 2 is 2.00 bits per heavy atom. The second-order valence-corrected chi connectivity index (χ2v) is 5.72. The number of nitrogens with zero attached hydrogens (tertiary/aromatic N) is 4. The van der Waals surface area contributed by atoms with E-state index in [2.05, 4.69) is 20.6 Å². The highest BCUT2D eigenvalue weighted by Gasteiger charge is 2.18. The maximum Gasteiger partial charge on any atom is 0.278 e. The number of amides is 1. The van der Waals surface area contributed by atoms with Gasteiger partial charge in [0.25, 0.3) is 5.91 Å². The molecule has 1 aromatic carbocycles. The van der Waals surface area contributed by atoms with Gasteiger partial charge in [-0.15, -0.1) is 16.4 Å². The number of benzene rings is 1. The molecule has 0 fully saturated rings. The van der Waals surface area contributed by atoms with E-state index in [1.54, 1.807) is 17.8 Å². The van der Waals surface area contributed by atoms with Crippen LogP contribution < -0.4 is 5.32 Å². The van der Waals surface area contributed by atoms with Crippen LogP contribution in [0, 0.1) is 13.8 Å². The largest absolute Gasteiger partial charge is 0.321 e. The first-order valence-corrected chi connectivity index (χ1v) is 7.18. The summed E-state index contributed by atoms with van der Waals surface area (Å²) < 4.78 is 1.58. The van der Waals surface area contributed by atoms with Crippen LogP contribution in [-0.4, -0.2) is 25.9 Å². The summed E-state index contributed by atoms with van der Waals surface area (Å²) in [5.74, 6) is -0.279. The number of nitrogens with one attached hydrogen (secondary N) is 1. The summed E-state index contributed by atoms with van der Waals surface area (Å²) in [6.07, 6.45) is 1.77. The Bertz CT molecular complexity index is 778. The van der Waals surface area contributed by atoms with Crippen molar-refractivity contribution in [2.45, 2.75) is 13.8 Å². The molecule has 1 N–H and O–H groups in total. The fourth-order valence-electron chi connectivity index (χ4n) is 1.87. The van der Waals surface area contributed by atoms with Gasteiger partial charge in [0.1, 0.15) is 0 Å². The Kier molecular flexibility index (Phi) is 3.49. The molecule has 106 valence electrons. The minimum atomic E-state index is -0.279. The van der Waals surface area contributed by atoms with Crippen LogP contribution in [0.1, 0.15) is 21.1 Å². The Balaban J connectivity index is 1.87. The van der Waals surface area contributed by atoms with Gasteiger partial charge in [-0.05, 0) is 26.0 Å². The SMILES string of the molecule is Cc1cnc(-n2nnc(C(=O)Nc3ccccc3)c2C)s1. The molecule has 0 spiro atoms. The summed E-state index contributed by atoms with van der Waals surface area (Å²) in [4.78, 5) is 17.6. The molecule has 3 aromatic rings. The number of hydrogen-bond acceptors (Lipinski definition) is 5. The van der Waals surface area contributed by atoms with Gasteiger partial charge < -0.3 is 5.32 Å². The average molecular weight is 299 g/mol. The first kappa shape index (κ1) is 13.4. The van der Waals surface area contributed by atoms with Gasteiger partial charge >= 0.3 is 0 Å². The molecule has 0 atom stereocenters. The molecule has 0 aliphatic carbocycles. The van der Waals surface area contributed by atoms with Gasteiger partial charge in [0, 0.05) is 16.8 Å². The van der Waals surface area contributed by atoms with E-state index in [0.717, 1.165) is 10.6 Å². The minimum Gasteiger partial charge on any atom is -0.321 e. The monoisotopic (exact) mass is 299 g/mol. The van der Waals surface area contributed by atoms with E-state index >= 15 is 0 Å². The van der Waals surface area contributed by atoms with Gasteiger partial charge in [-0.2, -0.15) is 4.68 Å². The number of para-hydroxylation sites is 1. The van der Waals surface area contributed by atoms with E-state index in [0.29, 0.717) is 16.5 Å². The molecule has 1 amide bonds. The first-order chi connectivity index (χ1) is 10.1. The van der Waals surface area contributed by atoms with E-state index in [-0.39, 0.29) is 5.91 Å². The third-order valence-electron chi connectivity index (χ3n) is 2.93. The molecule has 0 unspecified atom stereocenters. The Labute approximate surface area is 125 Å². The molecule has 0 saturated carbocycles. The maximum atomic E-state index is 12.2. The van der Waals surface area contributed by atoms with Crippen molar-refractivity contribution in [1.82, 2.24) is 20.0 Å². The number of rotatable bonds is 3. The maximum absolute atomic E-state index is 12.2. The van der Waals surface area contributed by atoms with E-state index in [4.69, 9.17) is 0 Å². The van der Waals surface area contributed by atoms with Crippen LogP contribution >= 0.6 is 11.3 Å². The molecule has 0 bridgehead atoms. The zero-order valence-corrected chi connectivity index (χ0v) is 12.4. The number of aryl methyl sites for hydroxylation is 1. The summed E-state index contributed by atoms with van der Waals surface area (Å²) >= 11 is 1.50. The molecule has 7 heteroatoms. The number of thiazole rings is 1. The molecule has 3 rings (SSSR count). The van der Waals surface area contributed by atoms with Crippen molar-refractivity contribution in [2.24, 2.45) is 0 Å². The van der Waals surface area contributed by atoms with Crippen LogP contribution in [-0.2, 0) is 0 Å². The lowest BCUT2D eigenvalue weighted by molar-refractivity contribution is 0.102. The summed E-state index contributed by atoms with van der Waals surface area (Å²) in [6.45, 7) is 3.77. The Morgan fingerprint density at radius 1 is 1.24 bits per heavy atom. The van der Waals surface area contributed by atoms with E-state index < -0.39 is 0 Å². The van der Waals surface area contributed by atoms with Crippen molar-refractivity contribution in [3.05, 3.63) is 52.8 Å². The average Bonchev–Trinajstić information content (AvgIpc) is 3.06. The first-order valence-electron chi connectivity index (χ1n) is 6.36. The van der Waals surface area contributed by atoms with Gasteiger partial charge in [0.2, 0.25) is 5.13 Å². The number of anilines is 1. The van der Waals surface area contributed by atoms with E-state index in [1.165, 1.54) is 11.3 Å². The molecule has 6 nitrogen and oxygen atoms in total. The lowest BCUT2D eigenvalue weighted by atomic mass is 10.3. The number of hydrogen-bond donors (Lipinski definition) is 1. The minimum absolute atomic E-state index is 0.279. The molecular weight excluding hydrogens is 286 g/mol.